The number of hydrogen-bond acceptors (Lipinski definition) is 4. The van der Waals surface area contributed by atoms with Crippen molar-refractivity contribution in [3.05, 3.63) is 59.4 Å². The fraction of sp³-hybridized carbons (Fsp3) is 0.235. The van der Waals surface area contributed by atoms with E-state index in [1.165, 1.54) is 0 Å². The van der Waals surface area contributed by atoms with E-state index in [1.807, 2.05) is 26.0 Å². The smallest absolute Gasteiger partial charge is 0.261 e. The Balaban J connectivity index is 2.43. The Morgan fingerprint density at radius 2 is 1.92 bits per heavy atom. The molecule has 2 aromatic rings. The molecule has 0 radical (unpaired) electrons. The molecule has 1 N–H and O–H groups in total. The van der Waals surface area contributed by atoms with Crippen LogP contribution >= 0.6 is 0 Å². The summed E-state index contributed by atoms with van der Waals surface area (Å²) in [5, 5.41) is 10.9. The van der Waals surface area contributed by atoms with Gasteiger partial charge in [-0.25, -0.2) is 12.8 Å². The molecule has 0 fully saturated rings. The number of carbonyl (C=O) groups is 1. The van der Waals surface area contributed by atoms with Gasteiger partial charge in [-0.05, 0) is 42.2 Å². The standard InChI is InChI=1S/C17H18FNO4S/c1-3-11(2)13-6-4-5-7-16(13)19-24(22,23)12-8-9-15(18)14(10-12)17(20)21/h4-11,19H,3H2,1-2H3,(H,20,21)/p-1/t11-/m1/s1. The molecule has 24 heavy (non-hydrogen) atoms. The van der Waals surface area contributed by atoms with Gasteiger partial charge in [-0.1, -0.05) is 32.0 Å². The Morgan fingerprint density at radius 1 is 1.25 bits per heavy atom. The molecule has 2 rings (SSSR count). The van der Waals surface area contributed by atoms with Gasteiger partial charge in [-0.15, -0.1) is 0 Å². The van der Waals surface area contributed by atoms with E-state index in [-0.39, 0.29) is 10.8 Å². The Labute approximate surface area is 140 Å². The van der Waals surface area contributed by atoms with Crippen LogP contribution in [0.4, 0.5) is 10.1 Å². The molecular weight excluding hydrogens is 333 g/mol. The van der Waals surface area contributed by atoms with E-state index >= 15 is 0 Å². The maximum atomic E-state index is 13.4. The number of anilines is 1. The lowest BCUT2D eigenvalue weighted by atomic mass is 9.97. The van der Waals surface area contributed by atoms with Gasteiger partial charge in [-0.3, -0.25) is 4.72 Å². The maximum Gasteiger partial charge on any atom is 0.261 e. The fourth-order valence-electron chi connectivity index (χ4n) is 2.27. The van der Waals surface area contributed by atoms with Gasteiger partial charge in [0.2, 0.25) is 0 Å². The molecule has 0 heterocycles. The summed E-state index contributed by atoms with van der Waals surface area (Å²) in [5.41, 5.74) is 0.435. The van der Waals surface area contributed by atoms with Crippen molar-refractivity contribution >= 4 is 21.7 Å². The molecule has 0 aliphatic carbocycles. The summed E-state index contributed by atoms with van der Waals surface area (Å²) in [7, 11) is -4.06. The molecular formula is C17H17FNO4S-. The molecule has 2 aromatic carbocycles. The van der Waals surface area contributed by atoms with Crippen molar-refractivity contribution in [2.24, 2.45) is 0 Å². The summed E-state index contributed by atoms with van der Waals surface area (Å²) in [6, 6.07) is 9.51. The minimum absolute atomic E-state index is 0.135. The van der Waals surface area contributed by atoms with Gasteiger partial charge in [0, 0.05) is 5.56 Å². The number of nitrogens with one attached hydrogen (secondary N) is 1. The highest BCUT2D eigenvalue weighted by atomic mass is 32.2. The first-order valence-electron chi connectivity index (χ1n) is 7.39. The molecule has 0 spiro atoms. The van der Waals surface area contributed by atoms with Crippen LogP contribution in [0.2, 0.25) is 0 Å². The SMILES string of the molecule is CC[C@@H](C)c1ccccc1NS(=O)(=O)c1ccc(F)c(C(=O)[O-])c1. The van der Waals surface area contributed by atoms with Crippen molar-refractivity contribution in [3.8, 4) is 0 Å². The quantitative estimate of drug-likeness (QED) is 0.867. The second kappa shape index (κ2) is 7.00. The largest absolute Gasteiger partial charge is 0.545 e. The Kier molecular flexibility index (Phi) is 5.23. The highest BCUT2D eigenvalue weighted by molar-refractivity contribution is 7.92. The minimum atomic E-state index is -4.06. The molecule has 0 bridgehead atoms. The van der Waals surface area contributed by atoms with Crippen molar-refractivity contribution in [2.75, 3.05) is 4.72 Å². The van der Waals surface area contributed by atoms with Gasteiger partial charge in [-0.2, -0.15) is 0 Å². The first-order chi connectivity index (χ1) is 11.3. The highest BCUT2D eigenvalue weighted by Crippen LogP contribution is 2.28. The number of halogens is 1. The number of benzene rings is 2. The third-order valence-corrected chi connectivity index (χ3v) is 5.18. The Morgan fingerprint density at radius 3 is 2.54 bits per heavy atom. The van der Waals surface area contributed by atoms with Gasteiger partial charge >= 0.3 is 0 Å². The first kappa shape index (κ1) is 17.9. The van der Waals surface area contributed by atoms with Crippen molar-refractivity contribution in [1.82, 2.24) is 0 Å². The fourth-order valence-corrected chi connectivity index (χ4v) is 3.38. The zero-order chi connectivity index (χ0) is 17.9. The average Bonchev–Trinajstić information content (AvgIpc) is 2.54. The molecule has 128 valence electrons. The maximum absolute atomic E-state index is 13.4. The average molecular weight is 350 g/mol. The van der Waals surface area contributed by atoms with E-state index < -0.39 is 27.4 Å². The van der Waals surface area contributed by atoms with Gasteiger partial charge in [0.1, 0.15) is 5.82 Å². The zero-order valence-corrected chi connectivity index (χ0v) is 14.1. The van der Waals surface area contributed by atoms with E-state index in [2.05, 4.69) is 4.72 Å². The van der Waals surface area contributed by atoms with Crippen molar-refractivity contribution in [1.29, 1.82) is 0 Å². The number of para-hydroxylation sites is 1. The number of sulfonamides is 1. The molecule has 0 amide bonds. The van der Waals surface area contributed by atoms with Crippen molar-refractivity contribution in [3.63, 3.8) is 0 Å². The normalized spacial score (nSPS) is 12.6. The van der Waals surface area contributed by atoms with Crippen molar-refractivity contribution in [2.45, 2.75) is 31.1 Å². The molecule has 1 atom stereocenters. The summed E-state index contributed by atoms with van der Waals surface area (Å²) < 4.78 is 40.9. The van der Waals surface area contributed by atoms with Crippen LogP contribution in [-0.2, 0) is 10.0 Å². The summed E-state index contributed by atoms with van der Waals surface area (Å²) in [6.45, 7) is 3.96. The lowest BCUT2D eigenvalue weighted by Gasteiger charge is -2.17. The molecule has 0 saturated heterocycles. The van der Waals surface area contributed by atoms with Crippen LogP contribution < -0.4 is 9.83 Å². The van der Waals surface area contributed by atoms with Crippen LogP contribution in [0.25, 0.3) is 0 Å². The number of carboxylic acids is 1. The molecule has 0 aliphatic rings. The number of carbonyl (C=O) groups excluding carboxylic acids is 1. The number of rotatable bonds is 6. The summed E-state index contributed by atoms with van der Waals surface area (Å²) >= 11 is 0. The van der Waals surface area contributed by atoms with Gasteiger partial charge in [0.15, 0.2) is 0 Å². The van der Waals surface area contributed by atoms with Crippen LogP contribution in [0, 0.1) is 5.82 Å². The number of aromatic carboxylic acids is 1. The molecule has 5 nitrogen and oxygen atoms in total. The van der Waals surface area contributed by atoms with E-state index in [9.17, 15) is 22.7 Å². The van der Waals surface area contributed by atoms with Crippen LogP contribution in [-0.4, -0.2) is 14.4 Å². The van der Waals surface area contributed by atoms with E-state index in [4.69, 9.17) is 0 Å². The predicted octanol–water partition coefficient (Wildman–Crippen LogP) is 2.50. The van der Waals surface area contributed by atoms with Crippen molar-refractivity contribution < 1.29 is 22.7 Å². The van der Waals surface area contributed by atoms with Crippen LogP contribution in [0.1, 0.15) is 42.1 Å². The number of hydrogen-bond donors (Lipinski definition) is 1. The summed E-state index contributed by atoms with van der Waals surface area (Å²) in [6.07, 6.45) is 0.824. The minimum Gasteiger partial charge on any atom is -0.545 e. The molecule has 0 aromatic heterocycles. The predicted molar refractivity (Wildman–Crippen MR) is 86.7 cm³/mol. The van der Waals surface area contributed by atoms with E-state index in [1.54, 1.807) is 12.1 Å². The first-order valence-corrected chi connectivity index (χ1v) is 8.87. The molecule has 0 unspecified atom stereocenters. The van der Waals surface area contributed by atoms with Crippen LogP contribution in [0.3, 0.4) is 0 Å². The summed E-state index contributed by atoms with van der Waals surface area (Å²) in [5.74, 6) is -2.69. The lowest BCUT2D eigenvalue weighted by molar-refractivity contribution is -0.255. The van der Waals surface area contributed by atoms with Gasteiger partial charge < -0.3 is 9.90 Å². The summed E-state index contributed by atoms with van der Waals surface area (Å²) in [4.78, 5) is 10.5. The van der Waals surface area contributed by atoms with Crippen LogP contribution in [0.5, 0.6) is 0 Å². The third kappa shape index (κ3) is 3.73. The molecule has 0 saturated carbocycles. The monoisotopic (exact) mass is 350 g/mol. The van der Waals surface area contributed by atoms with Gasteiger partial charge in [0.05, 0.1) is 16.6 Å². The van der Waals surface area contributed by atoms with E-state index in [0.29, 0.717) is 5.69 Å². The second-order valence-corrected chi connectivity index (χ2v) is 7.11. The lowest BCUT2D eigenvalue weighted by Crippen LogP contribution is -2.24. The molecule has 0 aliphatic heterocycles. The Hall–Kier alpha value is -2.41. The Bertz CT molecular complexity index is 865. The molecule has 7 heteroatoms. The van der Waals surface area contributed by atoms with E-state index in [0.717, 1.165) is 30.2 Å². The van der Waals surface area contributed by atoms with Crippen LogP contribution in [0.15, 0.2) is 47.4 Å². The highest BCUT2D eigenvalue weighted by Gasteiger charge is 2.19. The number of carboxylic acid groups (broad SMARTS) is 1. The zero-order valence-electron chi connectivity index (χ0n) is 13.2. The topological polar surface area (TPSA) is 86.3 Å². The third-order valence-electron chi connectivity index (χ3n) is 3.82. The second-order valence-electron chi connectivity index (χ2n) is 5.43. The van der Waals surface area contributed by atoms with Gasteiger partial charge in [0.25, 0.3) is 10.0 Å².